The molecule has 0 radical (unpaired) electrons. The lowest BCUT2D eigenvalue weighted by atomic mass is 10.1. The second-order valence-electron chi connectivity index (χ2n) is 6.51. The van der Waals surface area contributed by atoms with Crippen molar-refractivity contribution in [1.29, 1.82) is 0 Å². The van der Waals surface area contributed by atoms with Gasteiger partial charge in [0.2, 0.25) is 21.9 Å². The van der Waals surface area contributed by atoms with Crippen LogP contribution in [-0.2, 0) is 31.8 Å². The van der Waals surface area contributed by atoms with Crippen molar-refractivity contribution in [2.45, 2.75) is 19.1 Å². The third-order valence-corrected chi connectivity index (χ3v) is 5.83. The van der Waals surface area contributed by atoms with E-state index in [0.29, 0.717) is 15.7 Å². The SMILES string of the molecule is Cc1cc(CC(=O)NCCON=C(N)N)c(NS(=O)(=O)Cc2ccccc2Br)c(=O)[nH]1. The van der Waals surface area contributed by atoms with E-state index in [9.17, 15) is 18.0 Å². The summed E-state index contributed by atoms with van der Waals surface area (Å²) >= 11 is 3.30. The molecule has 2 rings (SSSR count). The number of aryl methyl sites for hydroxylation is 1. The van der Waals surface area contributed by atoms with E-state index >= 15 is 0 Å². The average Bonchev–Trinajstić information content (AvgIpc) is 2.66. The van der Waals surface area contributed by atoms with E-state index in [1.807, 2.05) is 0 Å². The number of hydrogen-bond acceptors (Lipinski definition) is 6. The molecule has 168 valence electrons. The molecule has 0 spiro atoms. The fraction of sp³-hybridized carbons (Fsp3) is 0.278. The van der Waals surface area contributed by atoms with Gasteiger partial charge >= 0.3 is 0 Å². The minimum atomic E-state index is -3.93. The number of carbonyl (C=O) groups is 1. The first-order valence-electron chi connectivity index (χ1n) is 9.01. The van der Waals surface area contributed by atoms with Gasteiger partial charge in [0.15, 0.2) is 0 Å². The first kappa shape index (κ1) is 24.2. The summed E-state index contributed by atoms with van der Waals surface area (Å²) in [5.41, 5.74) is 10.6. The Bertz CT molecular complexity index is 1130. The van der Waals surface area contributed by atoms with Gasteiger partial charge in [-0.05, 0) is 35.3 Å². The lowest BCUT2D eigenvalue weighted by Gasteiger charge is -2.13. The fourth-order valence-corrected chi connectivity index (χ4v) is 4.49. The molecule has 2 aromatic rings. The summed E-state index contributed by atoms with van der Waals surface area (Å²) in [6.45, 7) is 1.77. The fourth-order valence-electron chi connectivity index (χ4n) is 2.61. The van der Waals surface area contributed by atoms with Gasteiger partial charge in [-0.1, -0.05) is 34.1 Å². The van der Waals surface area contributed by atoms with E-state index in [4.69, 9.17) is 16.3 Å². The number of hydrogen-bond donors (Lipinski definition) is 5. The van der Waals surface area contributed by atoms with Crippen LogP contribution in [0, 0.1) is 6.92 Å². The third-order valence-electron chi connectivity index (χ3n) is 3.85. The van der Waals surface area contributed by atoms with Gasteiger partial charge in [0, 0.05) is 10.2 Å². The van der Waals surface area contributed by atoms with Crippen molar-refractivity contribution in [3.05, 3.63) is 62.0 Å². The lowest BCUT2D eigenvalue weighted by molar-refractivity contribution is -0.120. The van der Waals surface area contributed by atoms with Crippen molar-refractivity contribution >= 4 is 43.5 Å². The van der Waals surface area contributed by atoms with Crippen LogP contribution < -0.4 is 27.1 Å². The number of pyridine rings is 1. The van der Waals surface area contributed by atoms with E-state index in [0.717, 1.165) is 0 Å². The highest BCUT2D eigenvalue weighted by atomic mass is 79.9. The number of nitrogens with one attached hydrogen (secondary N) is 3. The number of halogens is 1. The molecule has 13 heteroatoms. The largest absolute Gasteiger partial charge is 0.391 e. The number of nitrogens with zero attached hydrogens (tertiary/aromatic N) is 1. The summed E-state index contributed by atoms with van der Waals surface area (Å²) in [5, 5.41) is 5.89. The summed E-state index contributed by atoms with van der Waals surface area (Å²) in [6, 6.07) is 8.38. The Morgan fingerprint density at radius 1 is 1.26 bits per heavy atom. The van der Waals surface area contributed by atoms with Crippen LogP contribution in [0.15, 0.2) is 44.8 Å². The van der Waals surface area contributed by atoms with Crippen molar-refractivity contribution in [2.24, 2.45) is 16.6 Å². The molecule has 0 aliphatic carbocycles. The molecule has 0 aliphatic heterocycles. The zero-order chi connectivity index (χ0) is 23.0. The normalized spacial score (nSPS) is 10.9. The van der Waals surface area contributed by atoms with E-state index < -0.39 is 21.5 Å². The number of amides is 1. The molecule has 0 aliphatic rings. The molecule has 1 aromatic carbocycles. The maximum absolute atomic E-state index is 12.7. The molecule has 0 unspecified atom stereocenters. The van der Waals surface area contributed by atoms with Crippen molar-refractivity contribution < 1.29 is 18.0 Å². The first-order chi connectivity index (χ1) is 14.6. The Morgan fingerprint density at radius 2 is 1.97 bits per heavy atom. The highest BCUT2D eigenvalue weighted by Crippen LogP contribution is 2.20. The van der Waals surface area contributed by atoms with E-state index in [2.05, 4.69) is 36.1 Å². The second kappa shape index (κ2) is 10.8. The molecule has 0 saturated carbocycles. The van der Waals surface area contributed by atoms with Gasteiger partial charge in [-0.2, -0.15) is 0 Å². The number of H-pyrrole nitrogens is 1. The minimum absolute atomic E-state index is 0.0312. The molecule has 0 bridgehead atoms. The topological polar surface area (TPSA) is 182 Å². The Hall–Kier alpha value is -3.06. The molecule has 0 fully saturated rings. The number of rotatable bonds is 10. The summed E-state index contributed by atoms with van der Waals surface area (Å²) in [5.74, 6) is -1.04. The van der Waals surface area contributed by atoms with Crippen LogP contribution in [0.3, 0.4) is 0 Å². The van der Waals surface area contributed by atoms with Crippen LogP contribution in [0.25, 0.3) is 0 Å². The van der Waals surface area contributed by atoms with Crippen molar-refractivity contribution in [2.75, 3.05) is 17.9 Å². The number of nitrogens with two attached hydrogens (primary N) is 2. The first-order valence-corrected chi connectivity index (χ1v) is 11.5. The number of oxime groups is 1. The average molecular weight is 515 g/mol. The number of sulfonamides is 1. The number of guanidine groups is 1. The molecule has 1 amide bonds. The van der Waals surface area contributed by atoms with Gasteiger partial charge in [-0.25, -0.2) is 8.42 Å². The molecule has 1 heterocycles. The second-order valence-corrected chi connectivity index (χ2v) is 9.09. The monoisotopic (exact) mass is 514 g/mol. The van der Waals surface area contributed by atoms with Gasteiger partial charge in [0.25, 0.3) is 5.56 Å². The van der Waals surface area contributed by atoms with Gasteiger partial charge < -0.3 is 26.6 Å². The van der Waals surface area contributed by atoms with Crippen LogP contribution in [0.4, 0.5) is 5.69 Å². The summed E-state index contributed by atoms with van der Waals surface area (Å²) in [7, 11) is -3.93. The quantitative estimate of drug-likeness (QED) is 0.130. The Kier molecular flexibility index (Phi) is 8.45. The third kappa shape index (κ3) is 7.94. The molecule has 0 atom stereocenters. The number of carbonyl (C=O) groups excluding carboxylic acids is 1. The molecule has 1 aromatic heterocycles. The van der Waals surface area contributed by atoms with Gasteiger partial charge in [0.05, 0.1) is 18.7 Å². The van der Waals surface area contributed by atoms with Crippen LogP contribution >= 0.6 is 15.9 Å². The van der Waals surface area contributed by atoms with E-state index in [-0.39, 0.29) is 42.5 Å². The summed E-state index contributed by atoms with van der Waals surface area (Å²) < 4.78 is 28.3. The molecular formula is C18H23BrN6O5S. The maximum Gasteiger partial charge on any atom is 0.272 e. The van der Waals surface area contributed by atoms with Crippen LogP contribution in [0.5, 0.6) is 0 Å². The summed E-state index contributed by atoms with van der Waals surface area (Å²) in [4.78, 5) is 32.0. The van der Waals surface area contributed by atoms with Crippen molar-refractivity contribution in [3.63, 3.8) is 0 Å². The highest BCUT2D eigenvalue weighted by Gasteiger charge is 2.19. The standard InChI is InChI=1S/C18H23BrN6O5S/c1-11-8-13(9-15(26)22-6-7-30-24-18(20)21)16(17(27)23-11)25-31(28,29)10-12-4-2-3-5-14(12)19/h2-5,8,25H,6-7,9-10H2,1H3,(H,22,26)(H,23,27)(H4,20,21,24). The Balaban J connectivity index is 2.13. The molecule has 7 N–H and O–H groups in total. The molecular weight excluding hydrogens is 492 g/mol. The van der Waals surface area contributed by atoms with Gasteiger partial charge in [0.1, 0.15) is 12.3 Å². The lowest BCUT2D eigenvalue weighted by Crippen LogP contribution is -2.30. The number of benzene rings is 1. The predicted molar refractivity (Wildman–Crippen MR) is 121 cm³/mol. The van der Waals surface area contributed by atoms with Gasteiger partial charge in [-0.3, -0.25) is 14.3 Å². The molecule has 31 heavy (non-hydrogen) atoms. The van der Waals surface area contributed by atoms with Crippen molar-refractivity contribution in [1.82, 2.24) is 10.3 Å². The molecule has 0 saturated heterocycles. The number of aromatic amines is 1. The number of anilines is 1. The molecule has 11 nitrogen and oxygen atoms in total. The van der Waals surface area contributed by atoms with Crippen molar-refractivity contribution in [3.8, 4) is 0 Å². The van der Waals surface area contributed by atoms with E-state index in [1.165, 1.54) is 6.07 Å². The minimum Gasteiger partial charge on any atom is -0.391 e. The highest BCUT2D eigenvalue weighted by molar-refractivity contribution is 9.10. The van der Waals surface area contributed by atoms with Crippen LogP contribution in [-0.4, -0.2) is 38.4 Å². The van der Waals surface area contributed by atoms with Crippen LogP contribution in [0.1, 0.15) is 16.8 Å². The Morgan fingerprint density at radius 3 is 2.65 bits per heavy atom. The van der Waals surface area contributed by atoms with E-state index in [1.54, 1.807) is 31.2 Å². The van der Waals surface area contributed by atoms with Gasteiger partial charge in [-0.15, -0.1) is 0 Å². The maximum atomic E-state index is 12.7. The smallest absolute Gasteiger partial charge is 0.272 e. The summed E-state index contributed by atoms with van der Waals surface area (Å²) in [6.07, 6.45) is -0.222. The van der Waals surface area contributed by atoms with Crippen LogP contribution in [0.2, 0.25) is 0 Å². The zero-order valence-electron chi connectivity index (χ0n) is 16.6. The zero-order valence-corrected chi connectivity index (χ0v) is 19.0. The Labute approximate surface area is 187 Å². The predicted octanol–water partition coefficient (Wildman–Crippen LogP) is 0.251. The number of aromatic nitrogens is 1.